The zero-order valence-corrected chi connectivity index (χ0v) is 20.9. The van der Waals surface area contributed by atoms with Crippen LogP contribution in [0.3, 0.4) is 0 Å². The van der Waals surface area contributed by atoms with E-state index < -0.39 is 0 Å². The van der Waals surface area contributed by atoms with E-state index >= 15 is 0 Å². The molecule has 1 aromatic carbocycles. The van der Waals surface area contributed by atoms with Crippen LogP contribution in [0.5, 0.6) is 0 Å². The van der Waals surface area contributed by atoms with Crippen LogP contribution >= 0.6 is 11.8 Å². The highest BCUT2D eigenvalue weighted by atomic mass is 32.2. The first kappa shape index (κ1) is 24.0. The predicted molar refractivity (Wildman–Crippen MR) is 141 cm³/mol. The number of aromatic nitrogens is 3. The average molecular weight is 501 g/mol. The van der Waals surface area contributed by atoms with Crippen LogP contribution in [-0.2, 0) is 12.3 Å². The minimum Gasteiger partial charge on any atom is -0.455 e. The molecule has 1 N–H and O–H groups in total. The normalized spacial score (nSPS) is 14.1. The third-order valence-electron chi connectivity index (χ3n) is 5.97. The first-order valence-corrected chi connectivity index (χ1v) is 12.9. The molecule has 4 heterocycles. The van der Waals surface area contributed by atoms with Gasteiger partial charge in [0, 0.05) is 44.0 Å². The molecule has 184 valence electrons. The van der Waals surface area contributed by atoms with Crippen LogP contribution in [0.1, 0.15) is 22.0 Å². The van der Waals surface area contributed by atoms with Gasteiger partial charge in [-0.3, -0.25) is 9.78 Å². The lowest BCUT2D eigenvalue weighted by Crippen LogP contribution is -2.44. The number of piperazine rings is 1. The molecule has 0 unspecified atom stereocenters. The largest absolute Gasteiger partial charge is 0.455 e. The van der Waals surface area contributed by atoms with Crippen molar-refractivity contribution in [2.24, 2.45) is 0 Å². The zero-order valence-electron chi connectivity index (χ0n) is 20.1. The lowest BCUT2D eigenvalue weighted by atomic mass is 10.1. The molecule has 0 bridgehead atoms. The number of benzene rings is 1. The number of hydrogen-bond acceptors (Lipinski definition) is 8. The molecule has 0 spiro atoms. The highest BCUT2D eigenvalue weighted by Crippen LogP contribution is 2.28. The van der Waals surface area contributed by atoms with Crippen molar-refractivity contribution < 1.29 is 9.21 Å². The standard InChI is InChI=1S/C27H28N6O2S/c1-32-13-15-33(16-14-32)25-17-23(20-7-3-2-4-8-20)30-27(31-25)36-19-22-10-11-24(35-22)26(34)29-18-21-9-5-6-12-28-21/h2-12,17H,13-16,18-19H2,1H3,(H,29,34). The van der Waals surface area contributed by atoms with Crippen LogP contribution in [0.4, 0.5) is 5.82 Å². The van der Waals surface area contributed by atoms with Crippen LogP contribution in [-0.4, -0.2) is 59.0 Å². The van der Waals surface area contributed by atoms with E-state index in [1.807, 2.05) is 42.5 Å². The van der Waals surface area contributed by atoms with Crippen molar-refractivity contribution in [2.75, 3.05) is 38.1 Å². The molecular formula is C27H28N6O2S. The second-order valence-corrected chi connectivity index (χ2v) is 9.55. The monoisotopic (exact) mass is 500 g/mol. The van der Waals surface area contributed by atoms with Gasteiger partial charge in [-0.05, 0) is 31.3 Å². The number of hydrogen-bond donors (Lipinski definition) is 1. The molecule has 0 radical (unpaired) electrons. The van der Waals surface area contributed by atoms with E-state index in [9.17, 15) is 4.79 Å². The second-order valence-electron chi connectivity index (χ2n) is 8.61. The Labute approximate surface area is 214 Å². The molecule has 0 saturated carbocycles. The van der Waals surface area contributed by atoms with Gasteiger partial charge in [-0.15, -0.1) is 0 Å². The molecule has 0 atom stereocenters. The van der Waals surface area contributed by atoms with Crippen molar-refractivity contribution in [1.29, 1.82) is 0 Å². The number of anilines is 1. The molecule has 3 aromatic heterocycles. The third-order valence-corrected chi connectivity index (χ3v) is 6.84. The molecule has 4 aromatic rings. The van der Waals surface area contributed by atoms with Crippen molar-refractivity contribution in [1.82, 2.24) is 25.2 Å². The number of thioether (sulfide) groups is 1. The van der Waals surface area contributed by atoms with E-state index in [2.05, 4.69) is 45.3 Å². The second kappa shape index (κ2) is 11.4. The van der Waals surface area contributed by atoms with Gasteiger partial charge in [0.05, 0.1) is 23.7 Å². The van der Waals surface area contributed by atoms with E-state index in [-0.39, 0.29) is 11.7 Å². The third kappa shape index (κ3) is 6.10. The van der Waals surface area contributed by atoms with Crippen molar-refractivity contribution in [3.05, 3.63) is 90.1 Å². The molecule has 1 fully saturated rings. The first-order chi connectivity index (χ1) is 17.6. The SMILES string of the molecule is CN1CCN(c2cc(-c3ccccc3)nc(SCc3ccc(C(=O)NCc4ccccn4)o3)n2)CC1. The molecule has 36 heavy (non-hydrogen) atoms. The van der Waals surface area contributed by atoms with Crippen molar-refractivity contribution in [2.45, 2.75) is 17.5 Å². The number of pyridine rings is 1. The Hall–Kier alpha value is -3.69. The maximum absolute atomic E-state index is 12.5. The molecule has 9 heteroatoms. The summed E-state index contributed by atoms with van der Waals surface area (Å²) in [6.07, 6.45) is 1.70. The van der Waals surface area contributed by atoms with Gasteiger partial charge in [-0.25, -0.2) is 9.97 Å². The minimum atomic E-state index is -0.267. The van der Waals surface area contributed by atoms with Crippen LogP contribution in [0.25, 0.3) is 11.3 Å². The lowest BCUT2D eigenvalue weighted by molar-refractivity contribution is 0.0921. The Kier molecular flexibility index (Phi) is 7.58. The van der Waals surface area contributed by atoms with Gasteiger partial charge in [0.2, 0.25) is 0 Å². The highest BCUT2D eigenvalue weighted by molar-refractivity contribution is 7.98. The molecule has 1 saturated heterocycles. The molecule has 5 rings (SSSR count). The maximum Gasteiger partial charge on any atom is 0.287 e. The first-order valence-electron chi connectivity index (χ1n) is 11.9. The Bertz CT molecular complexity index is 1290. The number of furan rings is 1. The van der Waals surface area contributed by atoms with Gasteiger partial charge in [-0.2, -0.15) is 0 Å². The van der Waals surface area contributed by atoms with Crippen molar-refractivity contribution in [3.8, 4) is 11.3 Å². The van der Waals surface area contributed by atoms with Gasteiger partial charge in [0.15, 0.2) is 10.9 Å². The summed E-state index contributed by atoms with van der Waals surface area (Å²) in [6, 6.07) is 21.3. The van der Waals surface area contributed by atoms with E-state index in [1.165, 1.54) is 11.8 Å². The Morgan fingerprint density at radius 2 is 1.81 bits per heavy atom. The molecule has 8 nitrogen and oxygen atoms in total. The van der Waals surface area contributed by atoms with E-state index in [4.69, 9.17) is 14.4 Å². The summed E-state index contributed by atoms with van der Waals surface area (Å²) in [6.45, 7) is 4.22. The maximum atomic E-state index is 12.5. The van der Waals surface area contributed by atoms with Crippen LogP contribution < -0.4 is 10.2 Å². The van der Waals surface area contributed by atoms with Crippen LogP contribution in [0.2, 0.25) is 0 Å². The van der Waals surface area contributed by atoms with Gasteiger partial charge in [0.25, 0.3) is 5.91 Å². The van der Waals surface area contributed by atoms with Gasteiger partial charge >= 0.3 is 0 Å². The summed E-state index contributed by atoms with van der Waals surface area (Å²) in [5.41, 5.74) is 2.75. The summed E-state index contributed by atoms with van der Waals surface area (Å²) in [5.74, 6) is 2.16. The highest BCUT2D eigenvalue weighted by Gasteiger charge is 2.18. The fraction of sp³-hybridized carbons (Fsp3) is 0.259. The Morgan fingerprint density at radius 1 is 1.00 bits per heavy atom. The van der Waals surface area contributed by atoms with Gasteiger partial charge in [0.1, 0.15) is 11.6 Å². The quantitative estimate of drug-likeness (QED) is 0.286. The predicted octanol–water partition coefficient (Wildman–Crippen LogP) is 4.11. The molecular weight excluding hydrogens is 472 g/mol. The fourth-order valence-corrected chi connectivity index (χ4v) is 4.65. The summed E-state index contributed by atoms with van der Waals surface area (Å²) in [7, 11) is 2.14. The minimum absolute atomic E-state index is 0.267. The van der Waals surface area contributed by atoms with Crippen LogP contribution in [0.15, 0.2) is 82.5 Å². The van der Waals surface area contributed by atoms with E-state index in [1.54, 1.807) is 12.3 Å². The smallest absolute Gasteiger partial charge is 0.287 e. The van der Waals surface area contributed by atoms with Gasteiger partial charge < -0.3 is 19.5 Å². The number of amides is 1. The summed E-state index contributed by atoms with van der Waals surface area (Å²) >= 11 is 1.50. The average Bonchev–Trinajstić information content (AvgIpc) is 3.41. The number of likely N-dealkylation sites (N-methyl/N-ethyl adjacent to an activating group) is 1. The summed E-state index contributed by atoms with van der Waals surface area (Å²) in [4.78, 5) is 31.0. The molecule has 1 aliphatic rings. The zero-order chi connectivity index (χ0) is 24.7. The molecule has 1 amide bonds. The van der Waals surface area contributed by atoms with E-state index in [0.29, 0.717) is 23.2 Å². The van der Waals surface area contributed by atoms with Crippen LogP contribution in [0, 0.1) is 0 Å². The topological polar surface area (TPSA) is 87.4 Å². The fourth-order valence-electron chi connectivity index (χ4n) is 3.91. The summed E-state index contributed by atoms with van der Waals surface area (Å²) in [5, 5.41) is 3.52. The van der Waals surface area contributed by atoms with Gasteiger partial charge in [-0.1, -0.05) is 48.2 Å². The number of nitrogens with one attached hydrogen (secondary N) is 1. The number of carbonyl (C=O) groups excluding carboxylic acids is 1. The number of nitrogens with zero attached hydrogens (tertiary/aromatic N) is 5. The van der Waals surface area contributed by atoms with Crippen molar-refractivity contribution in [3.63, 3.8) is 0 Å². The number of carbonyl (C=O) groups is 1. The number of rotatable bonds is 8. The molecule has 0 aliphatic carbocycles. The van der Waals surface area contributed by atoms with Crippen molar-refractivity contribution >= 4 is 23.5 Å². The Balaban J connectivity index is 1.27. The lowest BCUT2D eigenvalue weighted by Gasteiger charge is -2.33. The molecule has 1 aliphatic heterocycles. The van der Waals surface area contributed by atoms with E-state index in [0.717, 1.165) is 48.9 Å². The summed E-state index contributed by atoms with van der Waals surface area (Å²) < 4.78 is 5.80. The Morgan fingerprint density at radius 3 is 2.58 bits per heavy atom.